The van der Waals surface area contributed by atoms with E-state index >= 15 is 0 Å². The molecule has 2 aliphatic heterocycles. The van der Waals surface area contributed by atoms with E-state index in [1.807, 2.05) is 4.90 Å². The van der Waals surface area contributed by atoms with Gasteiger partial charge in [0.25, 0.3) is 0 Å². The third-order valence-electron chi connectivity index (χ3n) is 4.40. The normalized spacial score (nSPS) is 24.8. The molecule has 0 aromatic rings. The van der Waals surface area contributed by atoms with Crippen LogP contribution >= 0.6 is 0 Å². The van der Waals surface area contributed by atoms with Crippen LogP contribution in [0.3, 0.4) is 0 Å². The third kappa shape index (κ3) is 2.93. The van der Waals surface area contributed by atoms with Gasteiger partial charge in [-0.3, -0.25) is 9.59 Å². The number of piperazine rings is 1. The maximum atomic E-state index is 12.6. The Morgan fingerprint density at radius 2 is 2.00 bits per heavy atom. The smallest absolute Gasteiger partial charge is 0.246 e. The van der Waals surface area contributed by atoms with Gasteiger partial charge in [-0.2, -0.15) is 0 Å². The summed E-state index contributed by atoms with van der Waals surface area (Å²) in [5, 5.41) is 0. The van der Waals surface area contributed by atoms with Crippen LogP contribution < -0.4 is 0 Å². The number of amides is 2. The molecule has 2 rings (SSSR count). The lowest BCUT2D eigenvalue weighted by Crippen LogP contribution is -2.60. The molecule has 2 unspecified atom stereocenters. The van der Waals surface area contributed by atoms with Crippen molar-refractivity contribution >= 4 is 11.8 Å². The summed E-state index contributed by atoms with van der Waals surface area (Å²) in [6, 6.07) is 0.117. The molecule has 0 radical (unpaired) electrons. The zero-order valence-corrected chi connectivity index (χ0v) is 12.2. The number of hydrogen-bond donors (Lipinski definition) is 0. The van der Waals surface area contributed by atoms with Gasteiger partial charge in [0, 0.05) is 12.6 Å². The van der Waals surface area contributed by atoms with Crippen molar-refractivity contribution in [1.82, 2.24) is 9.80 Å². The quantitative estimate of drug-likeness (QED) is 0.739. The minimum absolute atomic E-state index is 0.151. The summed E-state index contributed by atoms with van der Waals surface area (Å²) >= 11 is 0. The Bertz CT molecular complexity index is 343. The molecule has 4 heteroatoms. The van der Waals surface area contributed by atoms with Crippen molar-refractivity contribution in [1.29, 1.82) is 0 Å². The molecular weight excluding hydrogens is 240 g/mol. The fourth-order valence-corrected chi connectivity index (χ4v) is 3.37. The molecule has 2 fully saturated rings. The molecule has 2 aliphatic rings. The molecule has 2 atom stereocenters. The number of nitrogens with zero attached hydrogens (tertiary/aromatic N) is 2. The summed E-state index contributed by atoms with van der Waals surface area (Å²) in [5.41, 5.74) is 0. The van der Waals surface area contributed by atoms with E-state index in [2.05, 4.69) is 13.8 Å². The second-order valence-electron chi connectivity index (χ2n) is 5.80. The largest absolute Gasteiger partial charge is 0.329 e. The van der Waals surface area contributed by atoms with E-state index in [0.29, 0.717) is 6.54 Å². The topological polar surface area (TPSA) is 40.6 Å². The molecule has 0 saturated carbocycles. The van der Waals surface area contributed by atoms with Crippen molar-refractivity contribution in [2.24, 2.45) is 0 Å². The third-order valence-corrected chi connectivity index (χ3v) is 4.40. The first-order valence-electron chi connectivity index (χ1n) is 7.79. The molecule has 0 bridgehead atoms. The highest BCUT2D eigenvalue weighted by molar-refractivity contribution is 5.95. The Labute approximate surface area is 116 Å². The first-order chi connectivity index (χ1) is 9.19. The highest BCUT2D eigenvalue weighted by atomic mass is 16.2. The maximum absolute atomic E-state index is 12.6. The number of hydrogen-bond acceptors (Lipinski definition) is 2. The zero-order valence-electron chi connectivity index (χ0n) is 12.2. The van der Waals surface area contributed by atoms with Crippen molar-refractivity contribution in [3.8, 4) is 0 Å². The summed E-state index contributed by atoms with van der Waals surface area (Å²) in [6.07, 6.45) is 7.24. The van der Waals surface area contributed by atoms with Crippen LogP contribution in [-0.2, 0) is 9.59 Å². The summed E-state index contributed by atoms with van der Waals surface area (Å²) in [7, 11) is 0. The fraction of sp³-hybridized carbons (Fsp3) is 0.867. The Balaban J connectivity index is 2.08. The second kappa shape index (κ2) is 6.40. The lowest BCUT2D eigenvalue weighted by atomic mass is 10.00. The van der Waals surface area contributed by atoms with Gasteiger partial charge in [-0.05, 0) is 25.7 Å². The molecule has 0 spiro atoms. The van der Waals surface area contributed by atoms with Crippen molar-refractivity contribution in [3.05, 3.63) is 0 Å². The van der Waals surface area contributed by atoms with Gasteiger partial charge >= 0.3 is 0 Å². The summed E-state index contributed by atoms with van der Waals surface area (Å²) in [6.45, 7) is 5.40. The van der Waals surface area contributed by atoms with Crippen LogP contribution in [0.15, 0.2) is 0 Å². The zero-order chi connectivity index (χ0) is 13.8. The van der Waals surface area contributed by atoms with Gasteiger partial charge < -0.3 is 9.80 Å². The van der Waals surface area contributed by atoms with Crippen LogP contribution in [-0.4, -0.2) is 46.8 Å². The lowest BCUT2D eigenvalue weighted by Gasteiger charge is -2.40. The van der Waals surface area contributed by atoms with Gasteiger partial charge in [0.05, 0.1) is 0 Å². The van der Waals surface area contributed by atoms with E-state index < -0.39 is 0 Å². The monoisotopic (exact) mass is 266 g/mol. The summed E-state index contributed by atoms with van der Waals surface area (Å²) < 4.78 is 0. The van der Waals surface area contributed by atoms with Crippen molar-refractivity contribution < 1.29 is 9.59 Å². The first-order valence-corrected chi connectivity index (χ1v) is 7.79. The first kappa shape index (κ1) is 14.4. The van der Waals surface area contributed by atoms with Gasteiger partial charge in [0.2, 0.25) is 11.8 Å². The van der Waals surface area contributed by atoms with E-state index in [-0.39, 0.29) is 23.9 Å². The number of unbranched alkanes of at least 4 members (excludes halogenated alkanes) is 1. The van der Waals surface area contributed by atoms with Gasteiger partial charge in [-0.1, -0.05) is 33.1 Å². The van der Waals surface area contributed by atoms with E-state index in [1.165, 1.54) is 0 Å². The number of carbonyl (C=O) groups excluding carboxylic acids is 2. The predicted octanol–water partition coefficient (Wildman–Crippen LogP) is 2.18. The van der Waals surface area contributed by atoms with Gasteiger partial charge in [-0.25, -0.2) is 0 Å². The molecule has 0 aromatic carbocycles. The Kier molecular flexibility index (Phi) is 4.83. The number of fused-ring (bicyclic) bond motifs is 1. The minimum atomic E-state index is -0.151. The lowest BCUT2D eigenvalue weighted by molar-refractivity contribution is -0.156. The standard InChI is InChI=1S/C15H26N2O2/c1-3-5-8-12(7-4-2)17-11-14(18)16-10-6-9-13(16)15(17)19/h12-13H,3-11H2,1-2H3. The van der Waals surface area contributed by atoms with Crippen LogP contribution in [0.5, 0.6) is 0 Å². The van der Waals surface area contributed by atoms with Crippen molar-refractivity contribution in [3.63, 3.8) is 0 Å². The van der Waals surface area contributed by atoms with Crippen LogP contribution in [0.2, 0.25) is 0 Å². The van der Waals surface area contributed by atoms with Crippen LogP contribution in [0.4, 0.5) is 0 Å². The van der Waals surface area contributed by atoms with Crippen LogP contribution in [0.1, 0.15) is 58.8 Å². The van der Waals surface area contributed by atoms with Crippen LogP contribution in [0, 0.1) is 0 Å². The molecule has 0 aromatic heterocycles. The van der Waals surface area contributed by atoms with Gasteiger partial charge in [0.15, 0.2) is 0 Å². The molecular formula is C15H26N2O2. The Morgan fingerprint density at radius 3 is 2.68 bits per heavy atom. The molecule has 2 heterocycles. The second-order valence-corrected chi connectivity index (χ2v) is 5.80. The molecule has 108 valence electrons. The molecule has 2 amide bonds. The van der Waals surface area contributed by atoms with Crippen LogP contribution in [0.25, 0.3) is 0 Å². The van der Waals surface area contributed by atoms with Gasteiger partial charge in [0.1, 0.15) is 12.6 Å². The van der Waals surface area contributed by atoms with E-state index in [9.17, 15) is 9.59 Å². The van der Waals surface area contributed by atoms with E-state index in [0.717, 1.165) is 51.5 Å². The summed E-state index contributed by atoms with van der Waals surface area (Å²) in [5.74, 6) is 0.353. The average Bonchev–Trinajstić information content (AvgIpc) is 2.89. The van der Waals surface area contributed by atoms with E-state index in [4.69, 9.17) is 0 Å². The number of carbonyl (C=O) groups is 2. The SMILES string of the molecule is CCCCC(CCC)N1CC(=O)N2CCCC2C1=O. The molecule has 0 N–H and O–H groups in total. The van der Waals surface area contributed by atoms with Crippen molar-refractivity contribution in [2.45, 2.75) is 70.9 Å². The minimum Gasteiger partial charge on any atom is -0.329 e. The molecule has 19 heavy (non-hydrogen) atoms. The average molecular weight is 266 g/mol. The highest BCUT2D eigenvalue weighted by Gasteiger charge is 2.43. The number of rotatable bonds is 6. The van der Waals surface area contributed by atoms with Gasteiger partial charge in [-0.15, -0.1) is 0 Å². The highest BCUT2D eigenvalue weighted by Crippen LogP contribution is 2.27. The maximum Gasteiger partial charge on any atom is 0.246 e. The Morgan fingerprint density at radius 1 is 1.21 bits per heavy atom. The fourth-order valence-electron chi connectivity index (χ4n) is 3.37. The Hall–Kier alpha value is -1.06. The molecule has 0 aliphatic carbocycles. The molecule has 2 saturated heterocycles. The van der Waals surface area contributed by atoms with E-state index in [1.54, 1.807) is 4.90 Å². The summed E-state index contributed by atoms with van der Waals surface area (Å²) in [4.78, 5) is 28.4. The van der Waals surface area contributed by atoms with Crippen molar-refractivity contribution in [2.75, 3.05) is 13.1 Å². The molecule has 4 nitrogen and oxygen atoms in total. The predicted molar refractivity (Wildman–Crippen MR) is 74.7 cm³/mol.